The minimum Gasteiger partial charge on any atom is -0.457 e. The molecular weight excluding hydrogens is 226 g/mol. The van der Waals surface area contributed by atoms with Crippen LogP contribution in [0, 0.1) is 10.1 Å². The largest absolute Gasteiger partial charge is 0.457 e. The van der Waals surface area contributed by atoms with Crippen molar-refractivity contribution < 1.29 is 19.2 Å². The highest BCUT2D eigenvalue weighted by atomic mass is 16.6. The van der Waals surface area contributed by atoms with E-state index in [0.29, 0.717) is 0 Å². The fraction of sp³-hybridized carbons (Fsp3) is 0.273. The highest BCUT2D eigenvalue weighted by molar-refractivity contribution is 5.81. The van der Waals surface area contributed by atoms with Gasteiger partial charge < -0.3 is 4.74 Å². The molecule has 0 aliphatic heterocycles. The van der Waals surface area contributed by atoms with Crippen LogP contribution in [-0.4, -0.2) is 23.3 Å². The molecular formula is C11H11NO5. The normalized spacial score (nSPS) is 9.71. The molecule has 0 saturated heterocycles. The summed E-state index contributed by atoms with van der Waals surface area (Å²) in [6.45, 7) is 0.984. The van der Waals surface area contributed by atoms with Gasteiger partial charge in [0.05, 0.1) is 11.3 Å². The Morgan fingerprint density at radius 1 is 1.35 bits per heavy atom. The van der Waals surface area contributed by atoms with E-state index < -0.39 is 10.9 Å². The van der Waals surface area contributed by atoms with E-state index in [-0.39, 0.29) is 30.1 Å². The second kappa shape index (κ2) is 5.74. The number of para-hydroxylation sites is 1. The summed E-state index contributed by atoms with van der Waals surface area (Å²) in [6, 6.07) is 5.91. The Balaban J connectivity index is 2.71. The van der Waals surface area contributed by atoms with Gasteiger partial charge in [0.15, 0.2) is 5.78 Å². The monoisotopic (exact) mass is 237 g/mol. The lowest BCUT2D eigenvalue weighted by molar-refractivity contribution is -0.385. The van der Waals surface area contributed by atoms with Gasteiger partial charge in [0, 0.05) is 11.6 Å². The molecule has 0 amide bonds. The third kappa shape index (κ3) is 4.02. The van der Waals surface area contributed by atoms with Gasteiger partial charge in [-0.25, -0.2) is 0 Å². The number of nitrogens with zero attached hydrogens (tertiary/aromatic N) is 1. The van der Waals surface area contributed by atoms with Crippen LogP contribution in [0.4, 0.5) is 5.69 Å². The van der Waals surface area contributed by atoms with Crippen molar-refractivity contribution in [3.8, 4) is 0 Å². The lowest BCUT2D eigenvalue weighted by atomic mass is 10.1. The minimum absolute atomic E-state index is 0.132. The van der Waals surface area contributed by atoms with Gasteiger partial charge >= 0.3 is 5.97 Å². The Morgan fingerprint density at radius 3 is 2.59 bits per heavy atom. The Bertz CT molecular complexity index is 455. The maximum absolute atomic E-state index is 11.3. The molecule has 1 aromatic carbocycles. The molecule has 6 nitrogen and oxygen atoms in total. The predicted octanol–water partition coefficient (Wildman–Crippen LogP) is 1.27. The van der Waals surface area contributed by atoms with E-state index in [1.807, 2.05) is 0 Å². The number of carbonyl (C=O) groups excluding carboxylic acids is 2. The van der Waals surface area contributed by atoms with Crippen LogP contribution in [0.15, 0.2) is 24.3 Å². The van der Waals surface area contributed by atoms with Gasteiger partial charge in [-0.1, -0.05) is 18.2 Å². The van der Waals surface area contributed by atoms with Crippen LogP contribution in [0.25, 0.3) is 0 Å². The highest BCUT2D eigenvalue weighted by Gasteiger charge is 2.16. The second-order valence-electron chi connectivity index (χ2n) is 3.43. The first kappa shape index (κ1) is 12.8. The Kier molecular flexibility index (Phi) is 4.33. The molecule has 0 N–H and O–H groups in total. The molecule has 90 valence electrons. The number of esters is 1. The fourth-order valence-electron chi connectivity index (χ4n) is 1.23. The highest BCUT2D eigenvalue weighted by Crippen LogP contribution is 2.18. The molecule has 0 fully saturated rings. The third-order valence-corrected chi connectivity index (χ3v) is 1.96. The molecule has 1 aromatic rings. The average molecular weight is 237 g/mol. The first-order chi connectivity index (χ1) is 8.00. The number of carbonyl (C=O) groups is 2. The van der Waals surface area contributed by atoms with Gasteiger partial charge in [-0.05, 0) is 6.92 Å². The summed E-state index contributed by atoms with van der Waals surface area (Å²) in [4.78, 5) is 32.0. The zero-order valence-electron chi connectivity index (χ0n) is 9.21. The standard InChI is InChI=1S/C11H11NO5/c1-8(13)7-17-11(14)6-9-4-2-3-5-10(9)12(15)16/h2-5H,6-7H2,1H3. The molecule has 17 heavy (non-hydrogen) atoms. The van der Waals surface area contributed by atoms with Gasteiger partial charge in [0.25, 0.3) is 5.69 Å². The molecule has 0 aliphatic carbocycles. The van der Waals surface area contributed by atoms with E-state index in [2.05, 4.69) is 4.74 Å². The molecule has 0 atom stereocenters. The lowest BCUT2D eigenvalue weighted by Gasteiger charge is -2.03. The topological polar surface area (TPSA) is 86.5 Å². The predicted molar refractivity (Wildman–Crippen MR) is 58.4 cm³/mol. The first-order valence-electron chi connectivity index (χ1n) is 4.88. The molecule has 0 aromatic heterocycles. The number of Topliss-reactive ketones (excluding diaryl/α,β-unsaturated/α-hetero) is 1. The van der Waals surface area contributed by atoms with Crippen LogP contribution in [0.1, 0.15) is 12.5 Å². The SMILES string of the molecule is CC(=O)COC(=O)Cc1ccccc1[N+](=O)[O-]. The molecule has 0 saturated carbocycles. The number of hydrogen-bond donors (Lipinski definition) is 0. The molecule has 0 radical (unpaired) electrons. The number of nitro groups is 1. The van der Waals surface area contributed by atoms with Crippen LogP contribution >= 0.6 is 0 Å². The number of nitro benzene ring substituents is 1. The van der Waals surface area contributed by atoms with Crippen LogP contribution in [-0.2, 0) is 20.7 Å². The Morgan fingerprint density at radius 2 is 2.00 bits per heavy atom. The van der Waals surface area contributed by atoms with Gasteiger partial charge in [-0.3, -0.25) is 19.7 Å². The third-order valence-electron chi connectivity index (χ3n) is 1.96. The molecule has 0 unspecified atom stereocenters. The zero-order chi connectivity index (χ0) is 12.8. The fourth-order valence-corrected chi connectivity index (χ4v) is 1.23. The molecule has 0 aliphatic rings. The molecule has 1 rings (SSSR count). The maximum atomic E-state index is 11.3. The smallest absolute Gasteiger partial charge is 0.310 e. The average Bonchev–Trinajstić information content (AvgIpc) is 2.27. The summed E-state index contributed by atoms with van der Waals surface area (Å²) < 4.78 is 4.63. The van der Waals surface area contributed by atoms with Crippen molar-refractivity contribution in [1.29, 1.82) is 0 Å². The van der Waals surface area contributed by atoms with E-state index in [1.165, 1.54) is 25.1 Å². The summed E-state index contributed by atoms with van der Waals surface area (Å²) in [6.07, 6.45) is -0.218. The summed E-state index contributed by atoms with van der Waals surface area (Å²) in [7, 11) is 0. The summed E-state index contributed by atoms with van der Waals surface area (Å²) in [5.41, 5.74) is 0.137. The summed E-state index contributed by atoms with van der Waals surface area (Å²) in [5.74, 6) is -0.935. The number of hydrogen-bond acceptors (Lipinski definition) is 5. The van der Waals surface area contributed by atoms with Crippen molar-refractivity contribution >= 4 is 17.4 Å². The van der Waals surface area contributed by atoms with Gasteiger partial charge in [-0.2, -0.15) is 0 Å². The Labute approximate surface area is 97.3 Å². The minimum atomic E-state index is -0.658. The molecule has 0 spiro atoms. The van der Waals surface area contributed by atoms with Crippen LogP contribution in [0.5, 0.6) is 0 Å². The van der Waals surface area contributed by atoms with Gasteiger partial charge in [-0.15, -0.1) is 0 Å². The van der Waals surface area contributed by atoms with E-state index in [1.54, 1.807) is 6.07 Å². The second-order valence-corrected chi connectivity index (χ2v) is 3.43. The first-order valence-corrected chi connectivity index (χ1v) is 4.88. The number of benzene rings is 1. The Hall–Kier alpha value is -2.24. The van der Waals surface area contributed by atoms with E-state index >= 15 is 0 Å². The maximum Gasteiger partial charge on any atom is 0.310 e. The number of ketones is 1. The van der Waals surface area contributed by atoms with Gasteiger partial charge in [0.2, 0.25) is 0 Å². The number of rotatable bonds is 5. The van der Waals surface area contributed by atoms with Crippen molar-refractivity contribution in [2.24, 2.45) is 0 Å². The zero-order valence-corrected chi connectivity index (χ0v) is 9.21. The van der Waals surface area contributed by atoms with E-state index in [4.69, 9.17) is 0 Å². The molecule has 0 heterocycles. The van der Waals surface area contributed by atoms with Crippen LogP contribution in [0.3, 0.4) is 0 Å². The molecule has 0 bridgehead atoms. The van der Waals surface area contributed by atoms with E-state index in [9.17, 15) is 19.7 Å². The quantitative estimate of drug-likeness (QED) is 0.437. The molecule has 6 heteroatoms. The lowest BCUT2D eigenvalue weighted by Crippen LogP contribution is -2.13. The summed E-state index contributed by atoms with van der Waals surface area (Å²) >= 11 is 0. The number of ether oxygens (including phenoxy) is 1. The van der Waals surface area contributed by atoms with Crippen molar-refractivity contribution in [3.05, 3.63) is 39.9 Å². The van der Waals surface area contributed by atoms with Gasteiger partial charge in [0.1, 0.15) is 6.61 Å². The van der Waals surface area contributed by atoms with Crippen LogP contribution < -0.4 is 0 Å². The van der Waals surface area contributed by atoms with Crippen LogP contribution in [0.2, 0.25) is 0 Å². The van der Waals surface area contributed by atoms with Crippen molar-refractivity contribution in [2.45, 2.75) is 13.3 Å². The van der Waals surface area contributed by atoms with Crippen molar-refractivity contribution in [2.75, 3.05) is 6.61 Å². The van der Waals surface area contributed by atoms with Crippen molar-refractivity contribution in [3.63, 3.8) is 0 Å². The van der Waals surface area contributed by atoms with Crippen molar-refractivity contribution in [1.82, 2.24) is 0 Å². The summed E-state index contributed by atoms with van der Waals surface area (Å²) in [5, 5.41) is 10.7. The van der Waals surface area contributed by atoms with E-state index in [0.717, 1.165) is 0 Å².